The monoisotopic (exact) mass is 360 g/mol. The van der Waals surface area contributed by atoms with Crippen LogP contribution in [0.3, 0.4) is 0 Å². The summed E-state index contributed by atoms with van der Waals surface area (Å²) in [7, 11) is 0. The Morgan fingerprint density at radius 3 is 2.94 bits per heavy atom. The van der Waals surface area contributed by atoms with Crippen LogP contribution in [0.25, 0.3) is 0 Å². The highest BCUT2D eigenvalue weighted by Gasteiger charge is 2.20. The second-order valence-corrected chi connectivity index (χ2v) is 5.88. The van der Waals surface area contributed by atoms with Gasteiger partial charge in [0.2, 0.25) is 5.91 Å². The Morgan fingerprint density at radius 1 is 1.29 bits per heavy atom. The van der Waals surface area contributed by atoms with Crippen LogP contribution in [-0.2, 0) is 4.79 Å². The lowest BCUT2D eigenvalue weighted by atomic mass is 10.1. The van der Waals surface area contributed by atoms with E-state index in [1.165, 1.54) is 0 Å². The fourth-order valence-electron chi connectivity index (χ4n) is 1.87. The third-order valence-electron chi connectivity index (χ3n) is 2.79. The first kappa shape index (κ1) is 12.9. The summed E-state index contributed by atoms with van der Waals surface area (Å²) in [6.07, 6.45) is 3.01. The first-order chi connectivity index (χ1) is 8.16. The van der Waals surface area contributed by atoms with Crippen molar-refractivity contribution >= 4 is 43.5 Å². The van der Waals surface area contributed by atoms with Crippen LogP contribution in [0.2, 0.25) is 0 Å². The van der Waals surface area contributed by atoms with Crippen LogP contribution >= 0.6 is 31.9 Å². The van der Waals surface area contributed by atoms with Gasteiger partial charge in [-0.2, -0.15) is 0 Å². The zero-order valence-corrected chi connectivity index (χ0v) is 12.5. The van der Waals surface area contributed by atoms with Gasteiger partial charge in [-0.25, -0.2) is 0 Å². The maximum atomic E-state index is 11.8. The zero-order chi connectivity index (χ0) is 12.3. The minimum absolute atomic E-state index is 0.0920. The second kappa shape index (κ2) is 5.87. The number of halogens is 2. The summed E-state index contributed by atoms with van der Waals surface area (Å²) in [6, 6.07) is 5.76. The van der Waals surface area contributed by atoms with E-state index < -0.39 is 0 Å². The maximum Gasteiger partial charge on any atom is 0.242 e. The molecular formula is C12H14Br2N2O. The van der Waals surface area contributed by atoms with Crippen molar-refractivity contribution < 1.29 is 4.79 Å². The molecule has 1 aromatic rings. The van der Waals surface area contributed by atoms with Gasteiger partial charge in [0.05, 0.1) is 5.69 Å². The molecule has 0 bridgehead atoms. The van der Waals surface area contributed by atoms with E-state index in [2.05, 4.69) is 42.5 Å². The number of benzene rings is 1. The van der Waals surface area contributed by atoms with Crippen LogP contribution in [0.4, 0.5) is 5.69 Å². The van der Waals surface area contributed by atoms with E-state index in [4.69, 9.17) is 0 Å². The number of amides is 1. The summed E-state index contributed by atoms with van der Waals surface area (Å²) >= 11 is 6.91. The van der Waals surface area contributed by atoms with Crippen molar-refractivity contribution in [1.82, 2.24) is 5.32 Å². The van der Waals surface area contributed by atoms with Gasteiger partial charge in [0.1, 0.15) is 6.04 Å². The van der Waals surface area contributed by atoms with Gasteiger partial charge in [-0.3, -0.25) is 4.79 Å². The standard InChI is InChI=1S/C12H14Br2N2O/c13-8-4-5-9(14)11(7-8)16-10-3-1-2-6-15-12(10)17/h4-5,7,10,16H,1-3,6H2,(H,15,17). The van der Waals surface area contributed by atoms with Crippen LogP contribution in [0.1, 0.15) is 19.3 Å². The first-order valence-electron chi connectivity index (χ1n) is 5.66. The Labute approximate surface area is 118 Å². The number of hydrogen-bond acceptors (Lipinski definition) is 2. The van der Waals surface area contributed by atoms with Gasteiger partial charge < -0.3 is 10.6 Å². The second-order valence-electron chi connectivity index (χ2n) is 4.11. The molecule has 1 atom stereocenters. The van der Waals surface area contributed by atoms with E-state index in [-0.39, 0.29) is 11.9 Å². The van der Waals surface area contributed by atoms with Crippen molar-refractivity contribution in [2.45, 2.75) is 25.3 Å². The molecule has 1 aliphatic rings. The molecule has 1 aromatic carbocycles. The first-order valence-corrected chi connectivity index (χ1v) is 7.25. The van der Waals surface area contributed by atoms with E-state index in [0.29, 0.717) is 0 Å². The number of carbonyl (C=O) groups excluding carboxylic acids is 1. The molecule has 0 spiro atoms. The quantitative estimate of drug-likeness (QED) is 0.848. The minimum Gasteiger partial charge on any atom is -0.373 e. The van der Waals surface area contributed by atoms with Crippen molar-refractivity contribution in [1.29, 1.82) is 0 Å². The number of rotatable bonds is 2. The van der Waals surface area contributed by atoms with Gasteiger partial charge >= 0.3 is 0 Å². The molecule has 1 aliphatic heterocycles. The SMILES string of the molecule is O=C1NCCCCC1Nc1cc(Br)ccc1Br. The third kappa shape index (κ3) is 3.45. The summed E-state index contributed by atoms with van der Waals surface area (Å²) in [6.45, 7) is 0.788. The van der Waals surface area contributed by atoms with Crippen LogP contribution < -0.4 is 10.6 Å². The molecule has 5 heteroatoms. The predicted molar refractivity (Wildman–Crippen MR) is 76.1 cm³/mol. The van der Waals surface area contributed by atoms with Gasteiger partial charge in [0.15, 0.2) is 0 Å². The molecule has 1 amide bonds. The molecule has 3 nitrogen and oxygen atoms in total. The molecule has 1 heterocycles. The molecule has 1 unspecified atom stereocenters. The Morgan fingerprint density at radius 2 is 2.12 bits per heavy atom. The number of hydrogen-bond donors (Lipinski definition) is 2. The van der Waals surface area contributed by atoms with Crippen molar-refractivity contribution in [2.75, 3.05) is 11.9 Å². The molecule has 2 N–H and O–H groups in total. The smallest absolute Gasteiger partial charge is 0.242 e. The maximum absolute atomic E-state index is 11.8. The predicted octanol–water partition coefficient (Wildman–Crippen LogP) is 3.29. The molecule has 92 valence electrons. The lowest BCUT2D eigenvalue weighted by Crippen LogP contribution is -2.37. The highest BCUT2D eigenvalue weighted by atomic mass is 79.9. The Hall–Kier alpha value is -0.550. The summed E-state index contributed by atoms with van der Waals surface area (Å²) in [5.41, 5.74) is 0.946. The molecule has 0 saturated carbocycles. The fourth-order valence-corrected chi connectivity index (χ4v) is 2.60. The zero-order valence-electron chi connectivity index (χ0n) is 9.30. The Bertz CT molecular complexity index is 423. The van der Waals surface area contributed by atoms with Crippen molar-refractivity contribution in [3.8, 4) is 0 Å². The molecule has 1 fully saturated rings. The van der Waals surface area contributed by atoms with E-state index >= 15 is 0 Å². The van der Waals surface area contributed by atoms with Crippen molar-refractivity contribution in [3.05, 3.63) is 27.1 Å². The average molecular weight is 362 g/mol. The molecular weight excluding hydrogens is 348 g/mol. The molecule has 0 aromatic heterocycles. The van der Waals surface area contributed by atoms with Gasteiger partial charge in [0.25, 0.3) is 0 Å². The van der Waals surface area contributed by atoms with Gasteiger partial charge in [-0.1, -0.05) is 15.9 Å². The molecule has 1 saturated heterocycles. The van der Waals surface area contributed by atoms with E-state index in [1.54, 1.807) is 0 Å². The topological polar surface area (TPSA) is 41.1 Å². The van der Waals surface area contributed by atoms with Crippen molar-refractivity contribution in [3.63, 3.8) is 0 Å². The number of nitrogens with one attached hydrogen (secondary N) is 2. The highest BCUT2D eigenvalue weighted by Crippen LogP contribution is 2.27. The van der Waals surface area contributed by atoms with E-state index in [9.17, 15) is 4.79 Å². The van der Waals surface area contributed by atoms with Gasteiger partial charge in [0, 0.05) is 15.5 Å². The molecule has 0 radical (unpaired) electrons. The molecule has 2 rings (SSSR count). The van der Waals surface area contributed by atoms with Crippen molar-refractivity contribution in [2.24, 2.45) is 0 Å². The van der Waals surface area contributed by atoms with E-state index in [0.717, 1.165) is 40.4 Å². The summed E-state index contributed by atoms with van der Waals surface area (Å²) in [5.74, 6) is 0.0920. The van der Waals surface area contributed by atoms with Crippen LogP contribution in [0.5, 0.6) is 0 Å². The van der Waals surface area contributed by atoms with E-state index in [1.807, 2.05) is 18.2 Å². The normalized spacial score (nSPS) is 20.6. The lowest BCUT2D eigenvalue weighted by Gasteiger charge is -2.17. The Balaban J connectivity index is 2.13. The highest BCUT2D eigenvalue weighted by molar-refractivity contribution is 9.11. The third-order valence-corrected chi connectivity index (χ3v) is 3.98. The van der Waals surface area contributed by atoms with Crippen LogP contribution in [-0.4, -0.2) is 18.5 Å². The van der Waals surface area contributed by atoms with Gasteiger partial charge in [-0.15, -0.1) is 0 Å². The number of anilines is 1. The summed E-state index contributed by atoms with van der Waals surface area (Å²) in [5, 5.41) is 6.21. The lowest BCUT2D eigenvalue weighted by molar-refractivity contribution is -0.121. The molecule has 0 aliphatic carbocycles. The minimum atomic E-state index is -0.136. The average Bonchev–Trinajstić information content (AvgIpc) is 2.50. The summed E-state index contributed by atoms with van der Waals surface area (Å²) in [4.78, 5) is 11.8. The van der Waals surface area contributed by atoms with Crippen LogP contribution in [0, 0.1) is 0 Å². The largest absolute Gasteiger partial charge is 0.373 e. The Kier molecular flexibility index (Phi) is 4.45. The fraction of sp³-hybridized carbons (Fsp3) is 0.417. The van der Waals surface area contributed by atoms with Gasteiger partial charge in [-0.05, 0) is 53.4 Å². The summed E-state index contributed by atoms with van der Waals surface area (Å²) < 4.78 is 1.97. The molecule has 17 heavy (non-hydrogen) atoms. The van der Waals surface area contributed by atoms with Crippen LogP contribution in [0.15, 0.2) is 27.1 Å². The number of carbonyl (C=O) groups is 1.